The molecule has 0 atom stereocenters. The molecule has 0 unspecified atom stereocenters. The maximum Gasteiger partial charge on any atom is 0.363 e. The SMILES string of the molecule is O=C(Nc1ccc([N+](=O)[O-])nc1)c1cc(Cl)ccc1O. The van der Waals surface area contributed by atoms with Crippen molar-refractivity contribution < 1.29 is 14.8 Å². The highest BCUT2D eigenvalue weighted by Gasteiger charge is 2.13. The molecule has 2 aromatic rings. The Labute approximate surface area is 118 Å². The molecule has 0 saturated carbocycles. The van der Waals surface area contributed by atoms with Crippen molar-refractivity contribution in [3.05, 3.63) is 57.2 Å². The Morgan fingerprint density at radius 1 is 1.35 bits per heavy atom. The Hall–Kier alpha value is -2.67. The number of nitrogens with one attached hydrogen (secondary N) is 1. The van der Waals surface area contributed by atoms with Gasteiger partial charge < -0.3 is 20.5 Å². The summed E-state index contributed by atoms with van der Waals surface area (Å²) in [6, 6.07) is 6.55. The van der Waals surface area contributed by atoms with Gasteiger partial charge in [0.1, 0.15) is 5.75 Å². The fraction of sp³-hybridized carbons (Fsp3) is 0. The van der Waals surface area contributed by atoms with Crippen LogP contribution in [0, 0.1) is 10.1 Å². The van der Waals surface area contributed by atoms with Crippen molar-refractivity contribution in [1.29, 1.82) is 0 Å². The highest BCUT2D eigenvalue weighted by atomic mass is 35.5. The minimum absolute atomic E-state index is 0.00384. The summed E-state index contributed by atoms with van der Waals surface area (Å²) in [5, 5.41) is 22.8. The van der Waals surface area contributed by atoms with Crippen LogP contribution >= 0.6 is 11.6 Å². The Morgan fingerprint density at radius 3 is 2.70 bits per heavy atom. The van der Waals surface area contributed by atoms with E-state index in [2.05, 4.69) is 10.3 Å². The maximum atomic E-state index is 11.9. The Bertz CT molecular complexity index is 673. The first kappa shape index (κ1) is 13.8. The lowest BCUT2D eigenvalue weighted by Crippen LogP contribution is -2.12. The molecule has 0 radical (unpaired) electrons. The first-order chi connectivity index (χ1) is 9.47. The van der Waals surface area contributed by atoms with Gasteiger partial charge in [-0.15, -0.1) is 0 Å². The molecule has 0 spiro atoms. The zero-order chi connectivity index (χ0) is 14.7. The highest BCUT2D eigenvalue weighted by molar-refractivity contribution is 6.31. The molecule has 1 amide bonds. The number of halogens is 1. The second-order valence-corrected chi connectivity index (χ2v) is 4.21. The normalized spacial score (nSPS) is 10.1. The van der Waals surface area contributed by atoms with Crippen LogP contribution in [0.2, 0.25) is 5.02 Å². The van der Waals surface area contributed by atoms with Crippen molar-refractivity contribution in [3.63, 3.8) is 0 Å². The molecular formula is C12H8ClN3O4. The molecule has 0 aliphatic rings. The molecule has 0 fully saturated rings. The maximum absolute atomic E-state index is 11.9. The zero-order valence-electron chi connectivity index (χ0n) is 9.91. The number of aromatic nitrogens is 1. The van der Waals surface area contributed by atoms with E-state index >= 15 is 0 Å². The summed E-state index contributed by atoms with van der Waals surface area (Å²) in [5.41, 5.74) is 0.260. The average molecular weight is 294 g/mol. The molecule has 1 aromatic heterocycles. The summed E-state index contributed by atoms with van der Waals surface area (Å²) in [6.07, 6.45) is 1.15. The summed E-state index contributed by atoms with van der Waals surface area (Å²) in [5.74, 6) is -1.14. The fourth-order valence-corrected chi connectivity index (χ4v) is 1.63. The number of benzene rings is 1. The van der Waals surface area contributed by atoms with Gasteiger partial charge in [0.15, 0.2) is 6.20 Å². The van der Waals surface area contributed by atoms with Crippen LogP contribution in [0.1, 0.15) is 10.4 Å². The quantitative estimate of drug-likeness (QED) is 0.668. The van der Waals surface area contributed by atoms with Gasteiger partial charge in [0.2, 0.25) is 0 Å². The molecule has 0 aliphatic carbocycles. The summed E-state index contributed by atoms with van der Waals surface area (Å²) >= 11 is 5.74. The van der Waals surface area contributed by atoms with E-state index in [-0.39, 0.29) is 22.8 Å². The number of carbonyl (C=O) groups excluding carboxylic acids is 1. The van der Waals surface area contributed by atoms with Gasteiger partial charge in [0, 0.05) is 11.1 Å². The van der Waals surface area contributed by atoms with Gasteiger partial charge in [0.05, 0.1) is 11.3 Å². The van der Waals surface area contributed by atoms with Crippen LogP contribution < -0.4 is 5.32 Å². The molecule has 2 rings (SSSR count). The number of rotatable bonds is 3. The van der Waals surface area contributed by atoms with E-state index in [1.807, 2.05) is 0 Å². The monoisotopic (exact) mass is 293 g/mol. The van der Waals surface area contributed by atoms with E-state index in [9.17, 15) is 20.0 Å². The van der Waals surface area contributed by atoms with Crippen LogP contribution in [0.15, 0.2) is 36.5 Å². The van der Waals surface area contributed by atoms with Crippen molar-refractivity contribution in [2.24, 2.45) is 0 Å². The van der Waals surface area contributed by atoms with E-state index < -0.39 is 10.8 Å². The molecule has 8 heteroatoms. The van der Waals surface area contributed by atoms with E-state index in [1.165, 1.54) is 24.3 Å². The average Bonchev–Trinajstić information content (AvgIpc) is 2.42. The van der Waals surface area contributed by atoms with E-state index in [0.29, 0.717) is 5.02 Å². The number of phenols is 1. The number of phenolic OH excluding ortho intramolecular Hbond substituents is 1. The molecular weight excluding hydrogens is 286 g/mol. The molecule has 0 saturated heterocycles. The van der Waals surface area contributed by atoms with Crippen molar-refractivity contribution in [2.75, 3.05) is 5.32 Å². The molecule has 20 heavy (non-hydrogen) atoms. The van der Waals surface area contributed by atoms with Gasteiger partial charge in [-0.25, -0.2) is 0 Å². The topological polar surface area (TPSA) is 105 Å². The van der Waals surface area contributed by atoms with Crippen molar-refractivity contribution in [1.82, 2.24) is 4.98 Å². The number of carbonyl (C=O) groups is 1. The number of hydrogen-bond acceptors (Lipinski definition) is 5. The van der Waals surface area contributed by atoms with Crippen LogP contribution in [0.25, 0.3) is 0 Å². The lowest BCUT2D eigenvalue weighted by Gasteiger charge is -2.06. The fourth-order valence-electron chi connectivity index (χ4n) is 1.46. The number of hydrogen-bond donors (Lipinski definition) is 2. The second kappa shape index (κ2) is 5.54. The minimum atomic E-state index is -0.644. The standard InChI is InChI=1S/C12H8ClN3O4/c13-7-1-3-10(17)9(5-7)12(18)15-8-2-4-11(14-6-8)16(19)20/h1-6,17H,(H,15,18). The summed E-state index contributed by atoms with van der Waals surface area (Å²) in [7, 11) is 0. The summed E-state index contributed by atoms with van der Waals surface area (Å²) < 4.78 is 0. The first-order valence-electron chi connectivity index (χ1n) is 5.37. The molecule has 7 nitrogen and oxygen atoms in total. The van der Waals surface area contributed by atoms with Crippen molar-refractivity contribution in [2.45, 2.75) is 0 Å². The van der Waals surface area contributed by atoms with Gasteiger partial charge >= 0.3 is 5.82 Å². The second-order valence-electron chi connectivity index (χ2n) is 3.78. The molecule has 0 bridgehead atoms. The molecule has 1 heterocycles. The van der Waals surface area contributed by atoms with Gasteiger partial charge in [-0.05, 0) is 34.2 Å². The van der Waals surface area contributed by atoms with E-state index in [4.69, 9.17) is 11.6 Å². The van der Waals surface area contributed by atoms with Crippen LogP contribution in [-0.4, -0.2) is 20.9 Å². The van der Waals surface area contributed by atoms with Gasteiger partial charge in [0.25, 0.3) is 5.91 Å². The summed E-state index contributed by atoms with van der Waals surface area (Å²) in [4.78, 5) is 25.3. The first-order valence-corrected chi connectivity index (χ1v) is 5.75. The van der Waals surface area contributed by atoms with Gasteiger partial charge in [-0.2, -0.15) is 0 Å². The summed E-state index contributed by atoms with van der Waals surface area (Å²) in [6.45, 7) is 0. The third-order valence-electron chi connectivity index (χ3n) is 2.40. The molecule has 1 aromatic carbocycles. The number of nitro groups is 1. The van der Waals surface area contributed by atoms with Gasteiger partial charge in [-0.3, -0.25) is 4.79 Å². The van der Waals surface area contributed by atoms with Crippen LogP contribution in [0.3, 0.4) is 0 Å². The minimum Gasteiger partial charge on any atom is -0.507 e. The number of nitrogens with zero attached hydrogens (tertiary/aromatic N) is 2. The van der Waals surface area contributed by atoms with Crippen LogP contribution in [-0.2, 0) is 0 Å². The highest BCUT2D eigenvalue weighted by Crippen LogP contribution is 2.22. The number of aromatic hydroxyl groups is 1. The Balaban J connectivity index is 2.19. The lowest BCUT2D eigenvalue weighted by atomic mass is 10.2. The smallest absolute Gasteiger partial charge is 0.363 e. The van der Waals surface area contributed by atoms with Crippen LogP contribution in [0.4, 0.5) is 11.5 Å². The lowest BCUT2D eigenvalue weighted by molar-refractivity contribution is -0.389. The largest absolute Gasteiger partial charge is 0.507 e. The van der Waals surface area contributed by atoms with E-state index in [1.54, 1.807) is 0 Å². The predicted molar refractivity (Wildman–Crippen MR) is 72.0 cm³/mol. The van der Waals surface area contributed by atoms with Crippen molar-refractivity contribution >= 4 is 29.0 Å². The third-order valence-corrected chi connectivity index (χ3v) is 2.63. The van der Waals surface area contributed by atoms with Crippen molar-refractivity contribution in [3.8, 4) is 5.75 Å². The molecule has 102 valence electrons. The molecule has 0 aliphatic heterocycles. The third kappa shape index (κ3) is 3.01. The van der Waals surface area contributed by atoms with E-state index in [0.717, 1.165) is 12.3 Å². The van der Waals surface area contributed by atoms with Crippen LogP contribution in [0.5, 0.6) is 5.75 Å². The Kier molecular flexibility index (Phi) is 3.81. The number of anilines is 1. The number of amides is 1. The molecule has 2 N–H and O–H groups in total. The zero-order valence-corrected chi connectivity index (χ0v) is 10.7. The number of pyridine rings is 1. The van der Waals surface area contributed by atoms with Gasteiger partial charge in [-0.1, -0.05) is 11.6 Å². The Morgan fingerprint density at radius 2 is 2.10 bits per heavy atom. The predicted octanol–water partition coefficient (Wildman–Crippen LogP) is 2.60.